The third-order valence-corrected chi connectivity index (χ3v) is 3.64. The van der Waals surface area contributed by atoms with Crippen molar-refractivity contribution in [3.05, 3.63) is 46.7 Å². The number of hydrogen-bond donors (Lipinski definition) is 2. The molecule has 106 valence electrons. The minimum atomic E-state index is -0.227. The lowest BCUT2D eigenvalue weighted by molar-refractivity contribution is -0.116. The Morgan fingerprint density at radius 1 is 1.40 bits per heavy atom. The molecule has 1 amide bonds. The molecule has 2 aromatic rings. The fourth-order valence-corrected chi connectivity index (χ4v) is 2.57. The summed E-state index contributed by atoms with van der Waals surface area (Å²) in [4.78, 5) is 16.6. The lowest BCUT2D eigenvalue weighted by Crippen LogP contribution is -2.13. The molecule has 0 atom stereocenters. The quantitative estimate of drug-likeness (QED) is 0.860. The van der Waals surface area contributed by atoms with E-state index in [-0.39, 0.29) is 11.7 Å². The largest absolute Gasteiger partial charge is 0.330 e. The Hall–Kier alpha value is -1.79. The zero-order valence-corrected chi connectivity index (χ0v) is 11.8. The van der Waals surface area contributed by atoms with Crippen LogP contribution in [0.3, 0.4) is 0 Å². The Labute approximate surface area is 120 Å². The van der Waals surface area contributed by atoms with Gasteiger partial charge in [-0.15, -0.1) is 11.3 Å². The van der Waals surface area contributed by atoms with E-state index in [4.69, 9.17) is 5.73 Å². The lowest BCUT2D eigenvalue weighted by atomic mass is 10.1. The van der Waals surface area contributed by atoms with E-state index in [0.29, 0.717) is 36.5 Å². The zero-order chi connectivity index (χ0) is 14.4. The Kier molecular flexibility index (Phi) is 5.20. The molecular weight excluding hydrogens is 277 g/mol. The molecule has 0 bridgehead atoms. The number of nitrogens with zero attached hydrogens (tertiary/aromatic N) is 1. The highest BCUT2D eigenvalue weighted by Crippen LogP contribution is 2.22. The highest BCUT2D eigenvalue weighted by molar-refractivity contribution is 7.15. The molecule has 0 aliphatic carbocycles. The van der Waals surface area contributed by atoms with Crippen LogP contribution in [0.1, 0.15) is 23.3 Å². The summed E-state index contributed by atoms with van der Waals surface area (Å²) in [5, 5.41) is 3.26. The predicted octanol–water partition coefficient (Wildman–Crippen LogP) is 2.55. The van der Waals surface area contributed by atoms with Crippen LogP contribution in [0.25, 0.3) is 0 Å². The summed E-state index contributed by atoms with van der Waals surface area (Å²) in [7, 11) is 0. The number of rotatable bonds is 6. The summed E-state index contributed by atoms with van der Waals surface area (Å²) in [5.74, 6) is -0.323. The molecule has 20 heavy (non-hydrogen) atoms. The lowest BCUT2D eigenvalue weighted by Gasteiger charge is -2.00. The van der Waals surface area contributed by atoms with Gasteiger partial charge in [-0.25, -0.2) is 9.37 Å². The second-order valence-corrected chi connectivity index (χ2v) is 5.46. The second kappa shape index (κ2) is 7.12. The second-order valence-electron chi connectivity index (χ2n) is 4.34. The first kappa shape index (κ1) is 14.6. The molecule has 1 heterocycles. The maximum Gasteiger partial charge on any atom is 0.226 e. The monoisotopic (exact) mass is 293 g/mol. The number of nitrogens with one attached hydrogen (secondary N) is 1. The predicted molar refractivity (Wildman–Crippen MR) is 78.2 cm³/mol. The molecule has 1 aromatic carbocycles. The van der Waals surface area contributed by atoms with E-state index in [1.807, 2.05) is 0 Å². The van der Waals surface area contributed by atoms with Crippen LogP contribution >= 0.6 is 11.3 Å². The first-order chi connectivity index (χ1) is 9.69. The molecule has 0 radical (unpaired) electrons. The van der Waals surface area contributed by atoms with Crippen molar-refractivity contribution in [1.29, 1.82) is 0 Å². The van der Waals surface area contributed by atoms with Gasteiger partial charge in [0.25, 0.3) is 0 Å². The van der Waals surface area contributed by atoms with Crippen molar-refractivity contribution < 1.29 is 9.18 Å². The van der Waals surface area contributed by atoms with E-state index in [1.54, 1.807) is 24.4 Å². The van der Waals surface area contributed by atoms with Crippen LogP contribution in [0, 0.1) is 5.82 Å². The molecular formula is C14H16FN3OS. The molecule has 1 aromatic heterocycles. The van der Waals surface area contributed by atoms with Gasteiger partial charge in [-0.05, 0) is 24.6 Å². The normalized spacial score (nSPS) is 10.5. The molecule has 6 heteroatoms. The third-order valence-electron chi connectivity index (χ3n) is 2.73. The number of amides is 1. The van der Waals surface area contributed by atoms with Gasteiger partial charge in [0.2, 0.25) is 5.91 Å². The molecule has 4 nitrogen and oxygen atoms in total. The summed E-state index contributed by atoms with van der Waals surface area (Å²) in [6.45, 7) is 0.490. The number of hydrogen-bond acceptors (Lipinski definition) is 4. The van der Waals surface area contributed by atoms with Gasteiger partial charge < -0.3 is 11.1 Å². The maximum atomic E-state index is 13.5. The van der Waals surface area contributed by atoms with Crippen molar-refractivity contribution in [2.45, 2.75) is 19.3 Å². The average molecular weight is 293 g/mol. The fourth-order valence-electron chi connectivity index (χ4n) is 1.72. The zero-order valence-electron chi connectivity index (χ0n) is 10.9. The molecule has 0 fully saturated rings. The van der Waals surface area contributed by atoms with Gasteiger partial charge >= 0.3 is 0 Å². The fraction of sp³-hybridized carbons (Fsp3) is 0.286. The van der Waals surface area contributed by atoms with Crippen LogP contribution < -0.4 is 11.1 Å². The van der Waals surface area contributed by atoms with Crippen LogP contribution in [0.5, 0.6) is 0 Å². The number of aromatic nitrogens is 1. The van der Waals surface area contributed by atoms with E-state index < -0.39 is 0 Å². The van der Waals surface area contributed by atoms with Gasteiger partial charge in [-0.3, -0.25) is 4.79 Å². The molecule has 2 rings (SSSR count). The number of carbonyl (C=O) groups is 1. The van der Waals surface area contributed by atoms with Crippen molar-refractivity contribution in [3.8, 4) is 0 Å². The van der Waals surface area contributed by atoms with Crippen LogP contribution in [0.2, 0.25) is 0 Å². The Bertz CT molecular complexity index is 585. The van der Waals surface area contributed by atoms with Crippen molar-refractivity contribution in [2.75, 3.05) is 11.9 Å². The number of benzene rings is 1. The number of thiazole rings is 1. The minimum Gasteiger partial charge on any atom is -0.330 e. The number of carbonyl (C=O) groups excluding carboxylic acids is 1. The third kappa shape index (κ3) is 4.11. The topological polar surface area (TPSA) is 68.0 Å². The van der Waals surface area contributed by atoms with Crippen molar-refractivity contribution >= 4 is 22.4 Å². The number of nitrogens with two attached hydrogens (primary N) is 1. The first-order valence-electron chi connectivity index (χ1n) is 6.37. The maximum absolute atomic E-state index is 13.5. The average Bonchev–Trinajstić information content (AvgIpc) is 2.86. The van der Waals surface area contributed by atoms with Gasteiger partial charge in [0.05, 0.1) is 0 Å². The van der Waals surface area contributed by atoms with Gasteiger partial charge in [0.1, 0.15) is 5.82 Å². The van der Waals surface area contributed by atoms with E-state index in [9.17, 15) is 9.18 Å². The highest BCUT2D eigenvalue weighted by atomic mass is 32.1. The Morgan fingerprint density at radius 3 is 2.95 bits per heavy atom. The van der Waals surface area contributed by atoms with E-state index in [1.165, 1.54) is 17.4 Å². The number of anilines is 1. The first-order valence-corrected chi connectivity index (χ1v) is 7.18. The highest BCUT2D eigenvalue weighted by Gasteiger charge is 2.08. The van der Waals surface area contributed by atoms with Crippen LogP contribution in [0.15, 0.2) is 30.5 Å². The SMILES string of the molecule is NCCCC(=O)Nc1ncc(Cc2ccccc2F)s1. The standard InChI is InChI=1S/C14H16FN3OS/c15-12-5-2-1-4-10(12)8-11-9-17-14(20-11)18-13(19)6-3-7-16/h1-2,4-5,9H,3,6-8,16H2,(H,17,18,19). The molecule has 0 aliphatic rings. The van der Waals surface area contributed by atoms with E-state index >= 15 is 0 Å². The molecule has 3 N–H and O–H groups in total. The van der Waals surface area contributed by atoms with Gasteiger partial charge in [-0.2, -0.15) is 0 Å². The summed E-state index contributed by atoms with van der Waals surface area (Å²) in [6, 6.07) is 6.64. The molecule has 0 saturated carbocycles. The van der Waals surface area contributed by atoms with Gasteiger partial charge in [0, 0.05) is 23.9 Å². The summed E-state index contributed by atoms with van der Waals surface area (Å²) in [5.41, 5.74) is 5.97. The summed E-state index contributed by atoms with van der Waals surface area (Å²) < 4.78 is 13.5. The summed E-state index contributed by atoms with van der Waals surface area (Å²) >= 11 is 1.36. The number of halogens is 1. The van der Waals surface area contributed by atoms with E-state index in [2.05, 4.69) is 10.3 Å². The Morgan fingerprint density at radius 2 is 2.20 bits per heavy atom. The molecule has 0 aliphatic heterocycles. The van der Waals surface area contributed by atoms with Crippen molar-refractivity contribution in [2.24, 2.45) is 5.73 Å². The van der Waals surface area contributed by atoms with Crippen molar-refractivity contribution in [3.63, 3.8) is 0 Å². The summed E-state index contributed by atoms with van der Waals surface area (Å²) in [6.07, 6.45) is 3.18. The van der Waals surface area contributed by atoms with Gasteiger partial charge in [0.15, 0.2) is 5.13 Å². The van der Waals surface area contributed by atoms with Crippen LogP contribution in [-0.2, 0) is 11.2 Å². The van der Waals surface area contributed by atoms with Crippen LogP contribution in [-0.4, -0.2) is 17.4 Å². The molecule has 0 spiro atoms. The smallest absolute Gasteiger partial charge is 0.226 e. The minimum absolute atomic E-state index is 0.0951. The van der Waals surface area contributed by atoms with Crippen molar-refractivity contribution in [1.82, 2.24) is 4.98 Å². The van der Waals surface area contributed by atoms with Crippen LogP contribution in [0.4, 0.5) is 9.52 Å². The van der Waals surface area contributed by atoms with E-state index in [0.717, 1.165) is 4.88 Å². The molecule has 0 unspecified atom stereocenters. The molecule has 0 saturated heterocycles. The Balaban J connectivity index is 1.96. The van der Waals surface area contributed by atoms with Gasteiger partial charge in [-0.1, -0.05) is 18.2 Å².